The highest BCUT2D eigenvalue weighted by molar-refractivity contribution is 5.96. The molecule has 0 aliphatic heterocycles. The maximum absolute atomic E-state index is 11.7. The van der Waals surface area contributed by atoms with Gasteiger partial charge in [0.05, 0.1) is 0 Å². The Morgan fingerprint density at radius 2 is 2.04 bits per heavy atom. The van der Waals surface area contributed by atoms with Gasteiger partial charge in [0.1, 0.15) is 11.6 Å². The van der Waals surface area contributed by atoms with Crippen molar-refractivity contribution in [3.05, 3.63) is 41.1 Å². The van der Waals surface area contributed by atoms with Gasteiger partial charge in [-0.25, -0.2) is 9.78 Å². The first-order chi connectivity index (χ1) is 12.6. The van der Waals surface area contributed by atoms with Crippen LogP contribution in [0, 0.1) is 18.3 Å². The number of nitriles is 1. The summed E-state index contributed by atoms with van der Waals surface area (Å²) in [6, 6.07) is 9.64. The Labute approximate surface area is 152 Å². The van der Waals surface area contributed by atoms with Gasteiger partial charge in [-0.2, -0.15) is 10.2 Å². The van der Waals surface area contributed by atoms with E-state index in [1.807, 2.05) is 37.3 Å². The van der Waals surface area contributed by atoms with Crippen LogP contribution in [-0.2, 0) is 0 Å². The normalized spacial score (nSPS) is 14.5. The first-order valence-corrected chi connectivity index (χ1v) is 8.72. The fraction of sp³-hybridized carbons (Fsp3) is 0.368. The molecule has 0 unspecified atom stereocenters. The van der Waals surface area contributed by atoms with Gasteiger partial charge in [0.15, 0.2) is 11.5 Å². The number of aromatic carboxylic acids is 1. The number of aromatic nitrogens is 2. The molecule has 1 aromatic carbocycles. The summed E-state index contributed by atoms with van der Waals surface area (Å²) in [5.41, 5.74) is 1.37. The number of carboxylic acid groups (broad SMARTS) is 1. The van der Waals surface area contributed by atoms with E-state index >= 15 is 0 Å². The smallest absolute Gasteiger partial charge is 0.342 e. The van der Waals surface area contributed by atoms with Gasteiger partial charge in [-0.1, -0.05) is 31.4 Å². The van der Waals surface area contributed by atoms with Gasteiger partial charge in [0.2, 0.25) is 5.95 Å². The van der Waals surface area contributed by atoms with Gasteiger partial charge in [0, 0.05) is 11.7 Å². The molecule has 1 aliphatic rings. The third-order valence-electron chi connectivity index (χ3n) is 4.45. The minimum Gasteiger partial charge on any atom is -0.477 e. The third kappa shape index (κ3) is 4.09. The van der Waals surface area contributed by atoms with Crippen LogP contribution in [0.4, 0.5) is 17.5 Å². The van der Waals surface area contributed by atoms with Crippen molar-refractivity contribution in [3.8, 4) is 6.07 Å². The molecule has 1 aromatic heterocycles. The quantitative estimate of drug-likeness (QED) is 0.750. The van der Waals surface area contributed by atoms with E-state index in [0.29, 0.717) is 5.69 Å². The maximum atomic E-state index is 11.7. The Balaban J connectivity index is 1.97. The number of hydrogen-bond donors (Lipinski definition) is 3. The standard InChI is InChI=1S/C19H21N5O2/c1-12-6-5-9-14(10-12)21-17-16(18(25)26)15(11-20)23-19(24-17)22-13-7-3-2-4-8-13/h5-6,9-10,13H,2-4,7-8H2,1H3,(H,25,26)(H2,21,22,23,24). The van der Waals surface area contributed by atoms with E-state index in [2.05, 4.69) is 20.6 Å². The summed E-state index contributed by atoms with van der Waals surface area (Å²) < 4.78 is 0. The Morgan fingerprint density at radius 3 is 2.69 bits per heavy atom. The molecule has 7 heteroatoms. The molecule has 1 fully saturated rings. The Morgan fingerprint density at radius 1 is 1.27 bits per heavy atom. The second kappa shape index (κ2) is 7.83. The van der Waals surface area contributed by atoms with Gasteiger partial charge in [-0.15, -0.1) is 0 Å². The third-order valence-corrected chi connectivity index (χ3v) is 4.45. The molecule has 3 N–H and O–H groups in total. The summed E-state index contributed by atoms with van der Waals surface area (Å²) in [7, 11) is 0. The topological polar surface area (TPSA) is 111 Å². The van der Waals surface area contributed by atoms with Crippen LogP contribution in [0.15, 0.2) is 24.3 Å². The van der Waals surface area contributed by atoms with Crippen LogP contribution in [0.5, 0.6) is 0 Å². The number of anilines is 3. The minimum absolute atomic E-state index is 0.118. The highest BCUT2D eigenvalue weighted by atomic mass is 16.4. The second-order valence-electron chi connectivity index (χ2n) is 6.51. The second-order valence-corrected chi connectivity index (χ2v) is 6.51. The van der Waals surface area contributed by atoms with Crippen molar-refractivity contribution in [1.82, 2.24) is 9.97 Å². The molecule has 1 heterocycles. The summed E-state index contributed by atoms with van der Waals surface area (Å²) in [6.07, 6.45) is 5.55. The highest BCUT2D eigenvalue weighted by Gasteiger charge is 2.22. The monoisotopic (exact) mass is 351 g/mol. The van der Waals surface area contributed by atoms with Crippen LogP contribution in [0.1, 0.15) is 53.7 Å². The van der Waals surface area contributed by atoms with E-state index < -0.39 is 5.97 Å². The molecule has 0 atom stereocenters. The number of rotatable bonds is 5. The van der Waals surface area contributed by atoms with Crippen molar-refractivity contribution in [2.24, 2.45) is 0 Å². The summed E-state index contributed by atoms with van der Waals surface area (Å²) >= 11 is 0. The number of carboxylic acids is 1. The number of nitrogens with one attached hydrogen (secondary N) is 2. The van der Waals surface area contributed by atoms with Crippen molar-refractivity contribution in [2.45, 2.75) is 45.1 Å². The molecule has 7 nitrogen and oxygen atoms in total. The number of hydrogen-bond acceptors (Lipinski definition) is 6. The van der Waals surface area contributed by atoms with Crippen LogP contribution >= 0.6 is 0 Å². The van der Waals surface area contributed by atoms with Gasteiger partial charge in [0.25, 0.3) is 0 Å². The van der Waals surface area contributed by atoms with E-state index in [-0.39, 0.29) is 29.1 Å². The fourth-order valence-corrected chi connectivity index (χ4v) is 3.19. The maximum Gasteiger partial charge on any atom is 0.342 e. The van der Waals surface area contributed by atoms with E-state index in [1.54, 1.807) is 0 Å². The van der Waals surface area contributed by atoms with Gasteiger partial charge in [-0.3, -0.25) is 0 Å². The van der Waals surface area contributed by atoms with E-state index in [1.165, 1.54) is 6.42 Å². The minimum atomic E-state index is -1.24. The molecule has 2 aromatic rings. The largest absolute Gasteiger partial charge is 0.477 e. The van der Waals surface area contributed by atoms with E-state index in [9.17, 15) is 15.2 Å². The SMILES string of the molecule is Cc1cccc(Nc2nc(NC3CCCCC3)nc(C#N)c2C(=O)O)c1. The predicted molar refractivity (Wildman–Crippen MR) is 98.7 cm³/mol. The molecule has 0 radical (unpaired) electrons. The van der Waals surface area contributed by atoms with E-state index in [0.717, 1.165) is 31.2 Å². The summed E-state index contributed by atoms with van der Waals surface area (Å²) in [4.78, 5) is 20.1. The molecule has 0 spiro atoms. The zero-order chi connectivity index (χ0) is 18.5. The van der Waals surface area contributed by atoms with Crippen molar-refractivity contribution < 1.29 is 9.90 Å². The van der Waals surface area contributed by atoms with Crippen molar-refractivity contribution in [2.75, 3.05) is 10.6 Å². The molecule has 0 saturated heterocycles. The number of benzene rings is 1. The summed E-state index contributed by atoms with van der Waals surface area (Å²) in [5.74, 6) is -0.831. The number of nitrogens with zero attached hydrogens (tertiary/aromatic N) is 3. The van der Waals surface area contributed by atoms with Crippen molar-refractivity contribution in [3.63, 3.8) is 0 Å². The first kappa shape index (κ1) is 17.7. The first-order valence-electron chi connectivity index (χ1n) is 8.72. The van der Waals surface area contributed by atoms with Gasteiger partial charge < -0.3 is 15.7 Å². The summed E-state index contributed by atoms with van der Waals surface area (Å²) in [6.45, 7) is 1.94. The lowest BCUT2D eigenvalue weighted by Gasteiger charge is -2.23. The highest BCUT2D eigenvalue weighted by Crippen LogP contribution is 2.25. The molecule has 0 amide bonds. The van der Waals surface area contributed by atoms with E-state index in [4.69, 9.17) is 0 Å². The molecule has 3 rings (SSSR count). The molecular weight excluding hydrogens is 330 g/mol. The van der Waals surface area contributed by atoms with Crippen LogP contribution in [0.2, 0.25) is 0 Å². The Kier molecular flexibility index (Phi) is 5.32. The Bertz CT molecular complexity index is 853. The fourth-order valence-electron chi connectivity index (χ4n) is 3.19. The molecule has 1 saturated carbocycles. The lowest BCUT2D eigenvalue weighted by atomic mass is 9.96. The molecular formula is C19H21N5O2. The number of carbonyl (C=O) groups is 1. The molecule has 0 bridgehead atoms. The predicted octanol–water partition coefficient (Wildman–Crippen LogP) is 3.84. The molecule has 1 aliphatic carbocycles. The zero-order valence-corrected chi connectivity index (χ0v) is 14.6. The average Bonchev–Trinajstić information content (AvgIpc) is 2.62. The van der Waals surface area contributed by atoms with Crippen LogP contribution in [-0.4, -0.2) is 27.1 Å². The lowest BCUT2D eigenvalue weighted by molar-refractivity contribution is 0.0697. The van der Waals surface area contributed by atoms with Crippen molar-refractivity contribution >= 4 is 23.4 Å². The number of aryl methyl sites for hydroxylation is 1. The van der Waals surface area contributed by atoms with Crippen LogP contribution < -0.4 is 10.6 Å². The molecule has 134 valence electrons. The molecule has 26 heavy (non-hydrogen) atoms. The van der Waals surface area contributed by atoms with Gasteiger partial charge in [-0.05, 0) is 37.5 Å². The van der Waals surface area contributed by atoms with Crippen LogP contribution in [0.25, 0.3) is 0 Å². The average molecular weight is 351 g/mol. The van der Waals surface area contributed by atoms with Crippen molar-refractivity contribution in [1.29, 1.82) is 5.26 Å². The Hall–Kier alpha value is -3.14. The summed E-state index contributed by atoms with van der Waals surface area (Å²) in [5, 5.41) is 25.2. The van der Waals surface area contributed by atoms with Gasteiger partial charge >= 0.3 is 5.97 Å². The lowest BCUT2D eigenvalue weighted by Crippen LogP contribution is -2.24. The zero-order valence-electron chi connectivity index (χ0n) is 14.6. The van der Waals surface area contributed by atoms with Crippen LogP contribution in [0.3, 0.4) is 0 Å².